The quantitative estimate of drug-likeness (QED) is 0.877. The molecule has 0 saturated carbocycles. The first-order chi connectivity index (χ1) is 9.71. The van der Waals surface area contributed by atoms with Crippen molar-refractivity contribution >= 4 is 15.9 Å². The number of amides is 1. The lowest BCUT2D eigenvalue weighted by atomic mass is 10.1. The molecule has 1 aromatic rings. The SMILES string of the molecule is CN(C(=O)c1cc(F)c(F)cc1S(N)(=O)=O)C1CCOC1. The van der Waals surface area contributed by atoms with Crippen LogP contribution in [-0.4, -0.2) is 45.5 Å². The Morgan fingerprint density at radius 1 is 1.38 bits per heavy atom. The zero-order chi connectivity index (χ0) is 15.8. The molecule has 1 atom stereocenters. The third-order valence-corrected chi connectivity index (χ3v) is 4.28. The molecule has 21 heavy (non-hydrogen) atoms. The lowest BCUT2D eigenvalue weighted by Crippen LogP contribution is -2.38. The minimum absolute atomic E-state index is 0.251. The summed E-state index contributed by atoms with van der Waals surface area (Å²) >= 11 is 0. The van der Waals surface area contributed by atoms with Gasteiger partial charge in [-0.2, -0.15) is 0 Å². The van der Waals surface area contributed by atoms with E-state index in [0.29, 0.717) is 31.8 Å². The van der Waals surface area contributed by atoms with E-state index in [1.54, 1.807) is 0 Å². The van der Waals surface area contributed by atoms with E-state index >= 15 is 0 Å². The topological polar surface area (TPSA) is 89.7 Å². The Morgan fingerprint density at radius 2 is 2.00 bits per heavy atom. The maximum absolute atomic E-state index is 13.3. The predicted molar refractivity (Wildman–Crippen MR) is 69.0 cm³/mol. The van der Waals surface area contributed by atoms with E-state index in [9.17, 15) is 22.0 Å². The van der Waals surface area contributed by atoms with Crippen LogP contribution in [0.25, 0.3) is 0 Å². The highest BCUT2D eigenvalue weighted by Crippen LogP contribution is 2.22. The summed E-state index contributed by atoms with van der Waals surface area (Å²) in [5.41, 5.74) is -0.495. The second kappa shape index (κ2) is 5.66. The van der Waals surface area contributed by atoms with Gasteiger partial charge in [-0.1, -0.05) is 0 Å². The second-order valence-electron chi connectivity index (χ2n) is 4.74. The molecule has 1 aromatic carbocycles. The molecule has 1 unspecified atom stereocenters. The third kappa shape index (κ3) is 3.20. The molecule has 0 radical (unpaired) electrons. The van der Waals surface area contributed by atoms with Crippen LogP contribution < -0.4 is 5.14 Å². The zero-order valence-electron chi connectivity index (χ0n) is 11.2. The number of benzene rings is 1. The Bertz CT molecular complexity index is 672. The van der Waals surface area contributed by atoms with E-state index in [-0.39, 0.29) is 6.04 Å². The molecule has 1 aliphatic rings. The first-order valence-corrected chi connectivity index (χ1v) is 7.63. The lowest BCUT2D eigenvalue weighted by molar-refractivity contribution is 0.0706. The summed E-state index contributed by atoms with van der Waals surface area (Å²) in [6.45, 7) is 0.777. The number of rotatable bonds is 3. The molecule has 6 nitrogen and oxygen atoms in total. The van der Waals surface area contributed by atoms with Crippen molar-refractivity contribution in [2.75, 3.05) is 20.3 Å². The lowest BCUT2D eigenvalue weighted by Gasteiger charge is -2.24. The van der Waals surface area contributed by atoms with Crippen LogP contribution in [-0.2, 0) is 14.8 Å². The smallest absolute Gasteiger partial charge is 0.255 e. The van der Waals surface area contributed by atoms with Gasteiger partial charge in [0, 0.05) is 13.7 Å². The first-order valence-electron chi connectivity index (χ1n) is 6.08. The Kier molecular flexibility index (Phi) is 4.26. The number of nitrogens with two attached hydrogens (primary N) is 1. The standard InChI is InChI=1S/C12H14F2N2O4S/c1-16(7-2-3-20-6-7)12(17)8-4-9(13)10(14)5-11(8)21(15,18)19/h4-5,7H,2-3,6H2,1H3,(H2,15,18,19). The predicted octanol–water partition coefficient (Wildman–Crippen LogP) is 0.473. The fourth-order valence-corrected chi connectivity index (χ4v) is 2.83. The van der Waals surface area contributed by atoms with Crippen molar-refractivity contribution in [2.24, 2.45) is 5.14 Å². The van der Waals surface area contributed by atoms with Crippen LogP contribution in [0.2, 0.25) is 0 Å². The molecule has 9 heteroatoms. The molecule has 1 saturated heterocycles. The van der Waals surface area contributed by atoms with Gasteiger partial charge in [0.1, 0.15) is 0 Å². The molecule has 1 amide bonds. The van der Waals surface area contributed by atoms with Crippen LogP contribution >= 0.6 is 0 Å². The van der Waals surface area contributed by atoms with Gasteiger partial charge in [0.05, 0.1) is 23.1 Å². The van der Waals surface area contributed by atoms with Crippen LogP contribution in [0, 0.1) is 11.6 Å². The van der Waals surface area contributed by atoms with Gasteiger partial charge in [-0.25, -0.2) is 22.3 Å². The number of likely N-dealkylation sites (N-methyl/N-ethyl adjacent to an activating group) is 1. The Morgan fingerprint density at radius 3 is 2.52 bits per heavy atom. The van der Waals surface area contributed by atoms with Crippen molar-refractivity contribution in [1.82, 2.24) is 4.90 Å². The van der Waals surface area contributed by atoms with Gasteiger partial charge in [-0.05, 0) is 18.6 Å². The van der Waals surface area contributed by atoms with Gasteiger partial charge < -0.3 is 9.64 Å². The maximum Gasteiger partial charge on any atom is 0.255 e. The third-order valence-electron chi connectivity index (χ3n) is 3.33. The molecule has 2 rings (SSSR count). The van der Waals surface area contributed by atoms with Gasteiger partial charge in [0.15, 0.2) is 11.6 Å². The van der Waals surface area contributed by atoms with Crippen LogP contribution in [0.3, 0.4) is 0 Å². The summed E-state index contributed by atoms with van der Waals surface area (Å²) in [5, 5.41) is 4.96. The molecule has 0 spiro atoms. The van der Waals surface area contributed by atoms with E-state index < -0.39 is 38.0 Å². The number of primary sulfonamides is 1. The van der Waals surface area contributed by atoms with Crippen LogP contribution in [0.4, 0.5) is 8.78 Å². The molecule has 1 aliphatic heterocycles. The highest BCUT2D eigenvalue weighted by molar-refractivity contribution is 7.89. The number of hydrogen-bond donors (Lipinski definition) is 1. The number of nitrogens with zero attached hydrogens (tertiary/aromatic N) is 1. The fourth-order valence-electron chi connectivity index (χ4n) is 2.11. The van der Waals surface area contributed by atoms with E-state index in [4.69, 9.17) is 9.88 Å². The summed E-state index contributed by atoms with van der Waals surface area (Å²) in [4.78, 5) is 12.8. The number of carbonyl (C=O) groups is 1. The summed E-state index contributed by atoms with van der Waals surface area (Å²) in [5.74, 6) is -3.46. The van der Waals surface area contributed by atoms with Gasteiger partial charge in [-0.3, -0.25) is 4.79 Å². The average molecular weight is 320 g/mol. The normalized spacial score (nSPS) is 18.8. The number of hydrogen-bond acceptors (Lipinski definition) is 4. The Balaban J connectivity index is 2.46. The van der Waals surface area contributed by atoms with E-state index in [0.717, 1.165) is 0 Å². The van der Waals surface area contributed by atoms with Gasteiger partial charge >= 0.3 is 0 Å². The minimum Gasteiger partial charge on any atom is -0.379 e. The first kappa shape index (κ1) is 15.8. The van der Waals surface area contributed by atoms with Crippen molar-refractivity contribution in [3.63, 3.8) is 0 Å². The molecule has 1 fully saturated rings. The molecule has 1 heterocycles. The molecular weight excluding hydrogens is 306 g/mol. The largest absolute Gasteiger partial charge is 0.379 e. The maximum atomic E-state index is 13.3. The number of sulfonamides is 1. The number of halogens is 2. The van der Waals surface area contributed by atoms with E-state index in [1.807, 2.05) is 0 Å². The summed E-state index contributed by atoms with van der Waals surface area (Å²) in [6, 6.07) is 0.708. The monoisotopic (exact) mass is 320 g/mol. The number of ether oxygens (including phenoxy) is 1. The average Bonchev–Trinajstić information content (AvgIpc) is 2.92. The van der Waals surface area contributed by atoms with Crippen molar-refractivity contribution < 1.29 is 26.7 Å². The number of carbonyl (C=O) groups excluding carboxylic acids is 1. The molecule has 2 N–H and O–H groups in total. The minimum atomic E-state index is -4.36. The second-order valence-corrected chi connectivity index (χ2v) is 6.27. The van der Waals surface area contributed by atoms with E-state index in [1.165, 1.54) is 11.9 Å². The summed E-state index contributed by atoms with van der Waals surface area (Å²) in [6.07, 6.45) is 0.580. The molecule has 116 valence electrons. The van der Waals surface area contributed by atoms with Crippen LogP contribution in [0.5, 0.6) is 0 Å². The van der Waals surface area contributed by atoms with Crippen LogP contribution in [0.15, 0.2) is 17.0 Å². The van der Waals surface area contributed by atoms with E-state index in [2.05, 4.69) is 0 Å². The highest BCUT2D eigenvalue weighted by atomic mass is 32.2. The summed E-state index contributed by atoms with van der Waals surface area (Å²) in [7, 11) is -2.92. The Hall–Kier alpha value is -1.58. The van der Waals surface area contributed by atoms with Crippen molar-refractivity contribution in [3.8, 4) is 0 Å². The molecule has 0 aliphatic carbocycles. The van der Waals surface area contributed by atoms with Crippen molar-refractivity contribution in [1.29, 1.82) is 0 Å². The zero-order valence-corrected chi connectivity index (χ0v) is 12.0. The van der Waals surface area contributed by atoms with Crippen molar-refractivity contribution in [2.45, 2.75) is 17.4 Å². The van der Waals surface area contributed by atoms with Crippen molar-refractivity contribution in [3.05, 3.63) is 29.3 Å². The Labute approximate surface area is 120 Å². The molecule has 0 aromatic heterocycles. The van der Waals surface area contributed by atoms with Gasteiger partial charge in [-0.15, -0.1) is 0 Å². The highest BCUT2D eigenvalue weighted by Gasteiger charge is 2.29. The summed E-state index contributed by atoms with van der Waals surface area (Å²) < 4.78 is 54.6. The molecule has 0 bridgehead atoms. The fraction of sp³-hybridized carbons (Fsp3) is 0.417. The van der Waals surface area contributed by atoms with Gasteiger partial charge in [0.2, 0.25) is 10.0 Å². The van der Waals surface area contributed by atoms with Crippen LogP contribution in [0.1, 0.15) is 16.8 Å². The molecular formula is C12H14F2N2O4S. The van der Waals surface area contributed by atoms with Gasteiger partial charge in [0.25, 0.3) is 5.91 Å².